The Labute approximate surface area is 130 Å². The zero-order valence-electron chi connectivity index (χ0n) is 13.2. The highest BCUT2D eigenvalue weighted by molar-refractivity contribution is 5.56. The van der Waals surface area contributed by atoms with Gasteiger partial charge in [-0.3, -0.25) is 0 Å². The molecule has 1 atom stereocenters. The number of benzene rings is 2. The Bertz CT molecular complexity index is 551. The Hall–Kier alpha value is -1.76. The molecule has 0 saturated carbocycles. The monoisotopic (exact) mass is 283 g/mol. The first-order valence-electron chi connectivity index (χ1n) is 7.36. The zero-order valence-corrected chi connectivity index (χ0v) is 13.2. The van der Waals surface area contributed by atoms with Crippen LogP contribution in [0.1, 0.15) is 42.2 Å². The smallest absolute Gasteiger partial charge is 0.0375 e. The van der Waals surface area contributed by atoms with Crippen molar-refractivity contribution in [1.82, 2.24) is 0 Å². The average molecular weight is 283 g/mol. The lowest BCUT2D eigenvalue weighted by Crippen LogP contribution is -2.08. The largest absolute Gasteiger partial charge is 0.382 e. The van der Waals surface area contributed by atoms with Crippen LogP contribution in [0.25, 0.3) is 0 Å². The van der Waals surface area contributed by atoms with Gasteiger partial charge in [0.1, 0.15) is 0 Å². The van der Waals surface area contributed by atoms with Gasteiger partial charge < -0.3 is 5.32 Å². The lowest BCUT2D eigenvalue weighted by molar-refractivity contribution is 0.839. The maximum atomic E-state index is 3.40. The summed E-state index contributed by atoms with van der Waals surface area (Å²) in [6.07, 6.45) is 1.18. The van der Waals surface area contributed by atoms with Gasteiger partial charge in [0.15, 0.2) is 0 Å². The van der Waals surface area contributed by atoms with Crippen LogP contribution in [0.3, 0.4) is 0 Å². The van der Waals surface area contributed by atoms with Crippen molar-refractivity contribution < 1.29 is 0 Å². The van der Waals surface area contributed by atoms with Crippen LogP contribution in [0, 0.1) is 27.7 Å². The number of fused-ring (bicyclic) bond motifs is 1. The van der Waals surface area contributed by atoms with E-state index in [0.29, 0.717) is 6.04 Å². The van der Waals surface area contributed by atoms with E-state index in [1.807, 2.05) is 0 Å². The average Bonchev–Trinajstić information content (AvgIpc) is 2.76. The van der Waals surface area contributed by atoms with Gasteiger partial charge in [0.05, 0.1) is 0 Å². The van der Waals surface area contributed by atoms with E-state index in [1.54, 1.807) is 0 Å². The second-order valence-electron chi connectivity index (χ2n) is 5.93. The van der Waals surface area contributed by atoms with Crippen molar-refractivity contribution in [1.29, 1.82) is 0 Å². The predicted molar refractivity (Wildman–Crippen MR) is 95.4 cm³/mol. The molecule has 1 aliphatic heterocycles. The van der Waals surface area contributed by atoms with E-state index in [4.69, 9.17) is 0 Å². The number of rotatable bonds is 0. The molecule has 0 aromatic heterocycles. The van der Waals surface area contributed by atoms with Crippen LogP contribution < -0.4 is 5.32 Å². The van der Waals surface area contributed by atoms with Crippen molar-refractivity contribution in [2.24, 2.45) is 0 Å². The number of anilines is 1. The quantitative estimate of drug-likeness (QED) is 0.663. The van der Waals surface area contributed by atoms with Crippen LogP contribution in [0.2, 0.25) is 0 Å². The summed E-state index contributed by atoms with van der Waals surface area (Å²) >= 11 is 0. The number of aryl methyl sites for hydroxylation is 3. The molecule has 0 saturated heterocycles. The van der Waals surface area contributed by atoms with Gasteiger partial charge in [0.25, 0.3) is 0 Å². The van der Waals surface area contributed by atoms with Gasteiger partial charge in [-0.15, -0.1) is 0 Å². The summed E-state index contributed by atoms with van der Waals surface area (Å²) in [7, 11) is 0. The second-order valence-corrected chi connectivity index (χ2v) is 5.93. The molecule has 2 aromatic carbocycles. The van der Waals surface area contributed by atoms with Crippen molar-refractivity contribution in [2.45, 2.75) is 54.5 Å². The van der Waals surface area contributed by atoms with E-state index >= 15 is 0 Å². The molecule has 0 radical (unpaired) electrons. The molecular weight excluding hydrogens is 254 g/mol. The number of hydrogen-bond acceptors (Lipinski definition) is 1. The van der Waals surface area contributed by atoms with Crippen molar-refractivity contribution in [3.8, 4) is 0 Å². The molecular formula is C20H29N. The molecule has 0 fully saturated rings. The highest BCUT2D eigenvalue weighted by atomic mass is 14.9. The number of para-hydroxylation sites is 1. The van der Waals surface area contributed by atoms with Gasteiger partial charge in [-0.2, -0.15) is 0 Å². The first kappa shape index (κ1) is 17.3. The molecule has 1 heteroatoms. The van der Waals surface area contributed by atoms with Gasteiger partial charge in [-0.05, 0) is 69.4 Å². The van der Waals surface area contributed by atoms with Gasteiger partial charge in [-0.25, -0.2) is 0 Å². The molecule has 1 aliphatic rings. The minimum Gasteiger partial charge on any atom is -0.382 e. The predicted octanol–water partition coefficient (Wildman–Crippen LogP) is 5.60. The fourth-order valence-corrected chi connectivity index (χ4v) is 2.74. The van der Waals surface area contributed by atoms with Crippen molar-refractivity contribution in [3.05, 3.63) is 64.2 Å². The topological polar surface area (TPSA) is 12.0 Å². The molecule has 1 unspecified atom stereocenters. The Morgan fingerprint density at radius 1 is 0.952 bits per heavy atom. The molecule has 1 nitrogen and oxygen atoms in total. The van der Waals surface area contributed by atoms with Crippen LogP contribution >= 0.6 is 0 Å². The summed E-state index contributed by atoms with van der Waals surface area (Å²) in [6.45, 7) is 10.8. The molecule has 2 aromatic rings. The third-order valence-corrected chi connectivity index (χ3v) is 4.02. The van der Waals surface area contributed by atoms with E-state index < -0.39 is 0 Å². The van der Waals surface area contributed by atoms with Gasteiger partial charge in [0.2, 0.25) is 0 Å². The first-order valence-corrected chi connectivity index (χ1v) is 7.36. The molecule has 0 spiro atoms. The molecule has 0 amide bonds. The third-order valence-electron chi connectivity index (χ3n) is 4.02. The molecule has 1 N–H and O–H groups in total. The highest BCUT2D eigenvalue weighted by Crippen LogP contribution is 2.24. The number of hydrogen-bond donors (Lipinski definition) is 1. The summed E-state index contributed by atoms with van der Waals surface area (Å²) in [5.74, 6) is 0. The van der Waals surface area contributed by atoms with Crippen molar-refractivity contribution in [2.75, 3.05) is 5.32 Å². The Kier molecular flexibility index (Phi) is 6.02. The summed E-state index contributed by atoms with van der Waals surface area (Å²) < 4.78 is 0. The summed E-state index contributed by atoms with van der Waals surface area (Å²) in [5, 5.41) is 3.40. The van der Waals surface area contributed by atoms with Crippen LogP contribution in [-0.2, 0) is 6.42 Å². The lowest BCUT2D eigenvalue weighted by atomic mass is 10.0. The molecule has 3 rings (SSSR count). The molecule has 0 aliphatic carbocycles. The molecule has 21 heavy (non-hydrogen) atoms. The van der Waals surface area contributed by atoms with Crippen molar-refractivity contribution >= 4 is 5.69 Å². The van der Waals surface area contributed by atoms with E-state index in [0.717, 1.165) is 0 Å². The zero-order chi connectivity index (χ0) is 14.7. The summed E-state index contributed by atoms with van der Waals surface area (Å²) in [4.78, 5) is 0. The fourth-order valence-electron chi connectivity index (χ4n) is 2.74. The molecule has 114 valence electrons. The summed E-state index contributed by atoms with van der Waals surface area (Å²) in [6, 6.07) is 13.6. The summed E-state index contributed by atoms with van der Waals surface area (Å²) in [5.41, 5.74) is 8.35. The minimum atomic E-state index is 0. The van der Waals surface area contributed by atoms with E-state index in [9.17, 15) is 0 Å². The first-order chi connectivity index (χ1) is 9.47. The van der Waals surface area contributed by atoms with Crippen molar-refractivity contribution in [3.63, 3.8) is 0 Å². The SMILES string of the molecule is C.CC1Cc2ccccc2N1.Cc1cc(C)c(C)c(C)c1. The van der Waals surface area contributed by atoms with Crippen LogP contribution in [0.5, 0.6) is 0 Å². The van der Waals surface area contributed by atoms with Crippen LogP contribution in [-0.4, -0.2) is 6.04 Å². The second kappa shape index (κ2) is 7.31. The van der Waals surface area contributed by atoms with E-state index in [-0.39, 0.29) is 7.43 Å². The Morgan fingerprint density at radius 3 is 2.10 bits per heavy atom. The van der Waals surface area contributed by atoms with E-state index in [2.05, 4.69) is 76.3 Å². The fraction of sp³-hybridized carbons (Fsp3) is 0.400. The van der Waals surface area contributed by atoms with Gasteiger partial charge >= 0.3 is 0 Å². The van der Waals surface area contributed by atoms with E-state index in [1.165, 1.54) is 39.9 Å². The molecule has 0 bridgehead atoms. The Balaban J connectivity index is 0.000000200. The Morgan fingerprint density at radius 2 is 1.52 bits per heavy atom. The normalized spacial score (nSPS) is 15.2. The molecule has 1 heterocycles. The van der Waals surface area contributed by atoms with Gasteiger partial charge in [-0.1, -0.05) is 43.3 Å². The highest BCUT2D eigenvalue weighted by Gasteiger charge is 2.14. The van der Waals surface area contributed by atoms with Gasteiger partial charge in [0, 0.05) is 11.7 Å². The third kappa shape index (κ3) is 4.35. The lowest BCUT2D eigenvalue weighted by Gasteiger charge is -2.04. The maximum absolute atomic E-state index is 3.40. The maximum Gasteiger partial charge on any atom is 0.0375 e. The standard InChI is InChI=1S/C10H14.C9H11N.CH4/c1-7-5-8(2)10(4)9(3)6-7;1-7-6-8-4-2-3-5-9(8)10-7;/h5-6H,1-4H3;2-5,7,10H,6H2,1H3;1H4. The number of nitrogens with one attached hydrogen (secondary N) is 1. The minimum absolute atomic E-state index is 0. The van der Waals surface area contributed by atoms with Crippen LogP contribution in [0.15, 0.2) is 36.4 Å². The van der Waals surface area contributed by atoms with Crippen LogP contribution in [0.4, 0.5) is 5.69 Å².